The first-order valence-electron chi connectivity index (χ1n) is 5.60. The minimum absolute atomic E-state index is 0.00880. The number of amides is 2. The summed E-state index contributed by atoms with van der Waals surface area (Å²) in [6.07, 6.45) is 0. The predicted octanol–water partition coefficient (Wildman–Crippen LogP) is -0.281. The molecule has 2 unspecified atom stereocenters. The molecule has 2 amide bonds. The van der Waals surface area contributed by atoms with E-state index in [4.69, 9.17) is 0 Å². The summed E-state index contributed by atoms with van der Waals surface area (Å²) in [4.78, 5) is 26.6. The smallest absolute Gasteiger partial charge is 0.248 e. The maximum atomic E-state index is 12.0. The molecule has 3 rings (SSSR count). The normalized spacial score (nSPS) is 28.8. The fraction of sp³-hybridized carbons (Fsp3) is 0.455. The summed E-state index contributed by atoms with van der Waals surface area (Å²) in [5, 5.41) is 7.88. The van der Waals surface area contributed by atoms with Gasteiger partial charge in [0.1, 0.15) is 6.04 Å². The van der Waals surface area contributed by atoms with Crippen molar-refractivity contribution in [3.63, 3.8) is 0 Å². The number of rotatable bonds is 1. The minimum atomic E-state index is -0.441. The zero-order valence-corrected chi connectivity index (χ0v) is 10.00. The molecule has 0 radical (unpaired) electrons. The van der Waals surface area contributed by atoms with Gasteiger partial charge in [-0.2, -0.15) is 0 Å². The van der Waals surface area contributed by atoms with E-state index in [2.05, 4.69) is 10.6 Å². The number of fused-ring (bicyclic) bond motifs is 1. The van der Waals surface area contributed by atoms with Gasteiger partial charge in [-0.05, 0) is 11.4 Å². The van der Waals surface area contributed by atoms with E-state index in [0.29, 0.717) is 13.1 Å². The third-order valence-electron chi connectivity index (χ3n) is 3.19. The SMILES string of the molecule is O=C1NCC2CNCC(=O)N2C1c1cccs1. The monoisotopic (exact) mass is 251 g/mol. The summed E-state index contributed by atoms with van der Waals surface area (Å²) in [5.74, 6) is -0.0616. The van der Waals surface area contributed by atoms with Gasteiger partial charge in [0.25, 0.3) is 0 Å². The van der Waals surface area contributed by atoms with Gasteiger partial charge in [-0.25, -0.2) is 0 Å². The third-order valence-corrected chi connectivity index (χ3v) is 4.11. The van der Waals surface area contributed by atoms with Crippen LogP contribution in [0.2, 0.25) is 0 Å². The zero-order valence-electron chi connectivity index (χ0n) is 9.18. The molecule has 2 atom stereocenters. The van der Waals surface area contributed by atoms with Gasteiger partial charge in [0.2, 0.25) is 11.8 Å². The zero-order chi connectivity index (χ0) is 11.8. The van der Waals surface area contributed by atoms with Crippen LogP contribution in [0.3, 0.4) is 0 Å². The molecule has 2 fully saturated rings. The van der Waals surface area contributed by atoms with E-state index in [0.717, 1.165) is 11.4 Å². The third kappa shape index (κ3) is 1.73. The van der Waals surface area contributed by atoms with E-state index in [9.17, 15) is 9.59 Å². The van der Waals surface area contributed by atoms with Crippen molar-refractivity contribution in [2.24, 2.45) is 0 Å². The van der Waals surface area contributed by atoms with Crippen LogP contribution >= 0.6 is 11.3 Å². The highest BCUT2D eigenvalue weighted by molar-refractivity contribution is 7.10. The Morgan fingerprint density at radius 2 is 2.24 bits per heavy atom. The maximum Gasteiger partial charge on any atom is 0.248 e. The number of nitrogens with zero attached hydrogens (tertiary/aromatic N) is 1. The largest absolute Gasteiger partial charge is 0.352 e. The van der Waals surface area contributed by atoms with Gasteiger partial charge in [0, 0.05) is 18.0 Å². The van der Waals surface area contributed by atoms with Crippen molar-refractivity contribution >= 4 is 23.2 Å². The van der Waals surface area contributed by atoms with Crippen LogP contribution in [-0.4, -0.2) is 42.4 Å². The summed E-state index contributed by atoms with van der Waals surface area (Å²) in [7, 11) is 0. The number of carbonyl (C=O) groups excluding carboxylic acids is 2. The first-order chi connectivity index (χ1) is 8.27. The molecule has 0 bridgehead atoms. The molecule has 2 aliphatic heterocycles. The lowest BCUT2D eigenvalue weighted by atomic mass is 10.0. The molecule has 2 saturated heterocycles. The second-order valence-corrected chi connectivity index (χ2v) is 5.23. The van der Waals surface area contributed by atoms with Crippen molar-refractivity contribution in [3.05, 3.63) is 22.4 Å². The highest BCUT2D eigenvalue weighted by Gasteiger charge is 2.42. The van der Waals surface area contributed by atoms with Crippen molar-refractivity contribution in [3.8, 4) is 0 Å². The molecule has 0 aliphatic carbocycles. The molecule has 2 N–H and O–H groups in total. The van der Waals surface area contributed by atoms with Crippen LogP contribution < -0.4 is 10.6 Å². The molecule has 0 aromatic carbocycles. The Balaban J connectivity index is 1.97. The molecule has 1 aromatic heterocycles. The van der Waals surface area contributed by atoms with E-state index in [1.165, 1.54) is 11.3 Å². The van der Waals surface area contributed by atoms with Crippen molar-refractivity contribution in [2.45, 2.75) is 12.1 Å². The molecule has 17 heavy (non-hydrogen) atoms. The number of piperazine rings is 2. The Morgan fingerprint density at radius 1 is 1.35 bits per heavy atom. The Labute approximate surface area is 103 Å². The molecular weight excluding hydrogens is 238 g/mol. The Kier molecular flexibility index (Phi) is 2.60. The highest BCUT2D eigenvalue weighted by Crippen LogP contribution is 2.30. The average molecular weight is 251 g/mol. The molecule has 0 saturated carbocycles. The van der Waals surface area contributed by atoms with E-state index in [1.54, 1.807) is 4.90 Å². The summed E-state index contributed by atoms with van der Waals surface area (Å²) in [6, 6.07) is 3.44. The first kappa shape index (κ1) is 10.7. The molecule has 90 valence electrons. The molecule has 0 spiro atoms. The van der Waals surface area contributed by atoms with Crippen LogP contribution in [0.4, 0.5) is 0 Å². The van der Waals surface area contributed by atoms with Gasteiger partial charge in [0.05, 0.1) is 12.6 Å². The molecular formula is C11H13N3O2S. The van der Waals surface area contributed by atoms with Crippen LogP contribution in [0.15, 0.2) is 17.5 Å². The number of thiophene rings is 1. The van der Waals surface area contributed by atoms with Crippen LogP contribution in [0.1, 0.15) is 10.9 Å². The lowest BCUT2D eigenvalue weighted by Gasteiger charge is -2.44. The minimum Gasteiger partial charge on any atom is -0.352 e. The second kappa shape index (κ2) is 4.12. The molecule has 3 heterocycles. The average Bonchev–Trinajstić information content (AvgIpc) is 2.83. The molecule has 6 heteroatoms. The Hall–Kier alpha value is -1.40. The quantitative estimate of drug-likeness (QED) is 0.721. The van der Waals surface area contributed by atoms with E-state index in [1.807, 2.05) is 17.5 Å². The Morgan fingerprint density at radius 3 is 3.00 bits per heavy atom. The summed E-state index contributed by atoms with van der Waals surface area (Å²) in [6.45, 7) is 1.61. The van der Waals surface area contributed by atoms with E-state index < -0.39 is 6.04 Å². The second-order valence-electron chi connectivity index (χ2n) is 4.25. The van der Waals surface area contributed by atoms with Crippen molar-refractivity contribution < 1.29 is 9.59 Å². The van der Waals surface area contributed by atoms with E-state index in [-0.39, 0.29) is 17.9 Å². The maximum absolute atomic E-state index is 12.0. The van der Waals surface area contributed by atoms with Gasteiger partial charge in [-0.3, -0.25) is 9.59 Å². The lowest BCUT2D eigenvalue weighted by Crippen LogP contribution is -2.65. The lowest BCUT2D eigenvalue weighted by molar-refractivity contribution is -0.148. The predicted molar refractivity (Wildman–Crippen MR) is 63.6 cm³/mol. The molecule has 2 aliphatic rings. The standard InChI is InChI=1S/C11H13N3O2S/c15-9-6-12-4-7-5-13-11(16)10(14(7)9)8-2-1-3-17-8/h1-3,7,10,12H,4-6H2,(H,13,16). The highest BCUT2D eigenvalue weighted by atomic mass is 32.1. The van der Waals surface area contributed by atoms with Crippen LogP contribution in [0.25, 0.3) is 0 Å². The molecule has 1 aromatic rings. The van der Waals surface area contributed by atoms with E-state index >= 15 is 0 Å². The fourth-order valence-corrected chi connectivity index (χ4v) is 3.24. The van der Waals surface area contributed by atoms with Gasteiger partial charge in [-0.1, -0.05) is 6.07 Å². The molecule has 5 nitrogen and oxygen atoms in total. The summed E-state index contributed by atoms with van der Waals surface area (Å²) >= 11 is 1.52. The van der Waals surface area contributed by atoms with Crippen molar-refractivity contribution in [2.75, 3.05) is 19.6 Å². The van der Waals surface area contributed by atoms with Crippen LogP contribution in [-0.2, 0) is 9.59 Å². The number of hydrogen-bond donors (Lipinski definition) is 2. The summed E-state index contributed by atoms with van der Waals surface area (Å²) < 4.78 is 0. The van der Waals surface area contributed by atoms with Gasteiger partial charge < -0.3 is 15.5 Å². The van der Waals surface area contributed by atoms with Gasteiger partial charge in [-0.15, -0.1) is 11.3 Å². The van der Waals surface area contributed by atoms with Crippen LogP contribution in [0.5, 0.6) is 0 Å². The van der Waals surface area contributed by atoms with Gasteiger partial charge in [0.15, 0.2) is 0 Å². The van der Waals surface area contributed by atoms with Crippen molar-refractivity contribution in [1.29, 1.82) is 0 Å². The van der Waals surface area contributed by atoms with Crippen LogP contribution in [0, 0.1) is 0 Å². The first-order valence-corrected chi connectivity index (χ1v) is 6.48. The summed E-state index contributed by atoms with van der Waals surface area (Å²) in [5.41, 5.74) is 0. The topological polar surface area (TPSA) is 61.4 Å². The van der Waals surface area contributed by atoms with Crippen molar-refractivity contribution in [1.82, 2.24) is 15.5 Å². The fourth-order valence-electron chi connectivity index (χ4n) is 2.42. The van der Waals surface area contributed by atoms with Gasteiger partial charge >= 0.3 is 0 Å². The number of nitrogens with one attached hydrogen (secondary N) is 2. The number of carbonyl (C=O) groups is 2. The number of hydrogen-bond acceptors (Lipinski definition) is 4. The Bertz CT molecular complexity index is 446.